The largest absolute Gasteiger partial charge is 0.435 e. The highest BCUT2D eigenvalue weighted by Gasteiger charge is 2.38. The summed E-state index contributed by atoms with van der Waals surface area (Å²) in [4.78, 5) is 8.37. The lowest BCUT2D eigenvalue weighted by molar-refractivity contribution is -0.141. The van der Waals surface area contributed by atoms with E-state index in [4.69, 9.17) is 0 Å². The Hall–Kier alpha value is -2.45. The van der Waals surface area contributed by atoms with Gasteiger partial charge in [-0.2, -0.15) is 32.9 Å². The molecule has 1 fully saturated rings. The Bertz CT molecular complexity index is 858. The molecule has 0 amide bonds. The second-order valence-corrected chi connectivity index (χ2v) is 5.38. The highest BCUT2D eigenvalue weighted by Crippen LogP contribution is 2.41. The third-order valence-electron chi connectivity index (χ3n) is 3.64. The Labute approximate surface area is 122 Å². The van der Waals surface area contributed by atoms with E-state index in [1.807, 2.05) is 0 Å². The van der Waals surface area contributed by atoms with E-state index in [0.29, 0.717) is 17.4 Å². The molecule has 3 aromatic heterocycles. The Morgan fingerprint density at radius 1 is 1.27 bits per heavy atom. The maximum atomic E-state index is 13.2. The zero-order valence-corrected chi connectivity index (χ0v) is 11.5. The molecule has 0 N–H and O–H groups in total. The number of halogens is 3. The fraction of sp³-hybridized carbons (Fsp3) is 0.385. The highest BCUT2D eigenvalue weighted by molar-refractivity contribution is 5.65. The minimum atomic E-state index is -4.54. The number of rotatable bonds is 2. The summed E-state index contributed by atoms with van der Waals surface area (Å²) in [5, 5.41) is 7.54. The van der Waals surface area contributed by atoms with Crippen LogP contribution in [-0.4, -0.2) is 29.4 Å². The van der Waals surface area contributed by atoms with E-state index in [0.717, 1.165) is 23.2 Å². The minimum absolute atomic E-state index is 0.0187. The fourth-order valence-corrected chi connectivity index (χ4v) is 2.50. The van der Waals surface area contributed by atoms with Gasteiger partial charge in [0.15, 0.2) is 5.69 Å². The van der Waals surface area contributed by atoms with Crippen LogP contribution in [0.2, 0.25) is 0 Å². The average molecular weight is 308 g/mol. The number of hydrogen-bond acceptors (Lipinski definition) is 4. The lowest BCUT2D eigenvalue weighted by Crippen LogP contribution is -2.09. The molecule has 9 heteroatoms. The van der Waals surface area contributed by atoms with Crippen molar-refractivity contribution in [3.8, 4) is 11.3 Å². The predicted molar refractivity (Wildman–Crippen MR) is 70.0 cm³/mol. The summed E-state index contributed by atoms with van der Waals surface area (Å²) in [5.41, 5.74) is 0.117. The number of alkyl halides is 3. The smallest absolute Gasteiger partial charge is 0.275 e. The predicted octanol–water partition coefficient (Wildman–Crippen LogP) is 2.42. The van der Waals surface area contributed by atoms with Crippen molar-refractivity contribution in [3.63, 3.8) is 0 Å². The molecule has 114 valence electrons. The molecule has 0 unspecified atom stereocenters. The van der Waals surface area contributed by atoms with Crippen molar-refractivity contribution < 1.29 is 13.2 Å². The lowest BCUT2D eigenvalue weighted by Gasteiger charge is -2.08. The SMILES string of the molecule is Cn1cc(-c2cc(C3CC3)nc3ncnn23)c(C(F)(F)F)n1. The van der Waals surface area contributed by atoms with Crippen LogP contribution in [0, 0.1) is 0 Å². The Kier molecular flexibility index (Phi) is 2.57. The topological polar surface area (TPSA) is 60.9 Å². The van der Waals surface area contributed by atoms with E-state index in [9.17, 15) is 13.2 Å². The van der Waals surface area contributed by atoms with Gasteiger partial charge in [0, 0.05) is 24.9 Å². The highest BCUT2D eigenvalue weighted by atomic mass is 19.4. The number of nitrogens with zero attached hydrogens (tertiary/aromatic N) is 6. The van der Waals surface area contributed by atoms with E-state index in [-0.39, 0.29) is 5.56 Å². The summed E-state index contributed by atoms with van der Waals surface area (Å²) in [6, 6.07) is 1.66. The molecule has 0 spiro atoms. The summed E-state index contributed by atoms with van der Waals surface area (Å²) >= 11 is 0. The second kappa shape index (κ2) is 4.28. The van der Waals surface area contributed by atoms with Crippen molar-refractivity contribution in [2.75, 3.05) is 0 Å². The van der Waals surface area contributed by atoms with Gasteiger partial charge in [0.05, 0.1) is 11.3 Å². The van der Waals surface area contributed by atoms with Crippen LogP contribution >= 0.6 is 0 Å². The van der Waals surface area contributed by atoms with Crippen LogP contribution in [0.3, 0.4) is 0 Å². The summed E-state index contributed by atoms with van der Waals surface area (Å²) < 4.78 is 42.1. The molecule has 0 radical (unpaired) electrons. The summed E-state index contributed by atoms with van der Waals surface area (Å²) in [5.74, 6) is 0.600. The first kappa shape index (κ1) is 13.2. The van der Waals surface area contributed by atoms with Crippen molar-refractivity contribution in [1.82, 2.24) is 29.4 Å². The zero-order valence-electron chi connectivity index (χ0n) is 11.5. The Morgan fingerprint density at radius 3 is 2.73 bits per heavy atom. The third kappa shape index (κ3) is 2.04. The Balaban J connectivity index is 1.99. The third-order valence-corrected chi connectivity index (χ3v) is 3.64. The van der Waals surface area contributed by atoms with Gasteiger partial charge in [-0.15, -0.1) is 0 Å². The average Bonchev–Trinajstić information content (AvgIpc) is 3.05. The standard InChI is InChI=1S/C13H11F3N6/c1-21-5-8(11(20-21)13(14,15)16)10-4-9(7-2-3-7)19-12-17-6-18-22(10)12/h4-7H,2-3H2,1H3. The normalized spacial score (nSPS) is 15.6. The molecule has 0 aromatic carbocycles. The van der Waals surface area contributed by atoms with E-state index in [1.165, 1.54) is 24.1 Å². The molecule has 0 saturated heterocycles. The van der Waals surface area contributed by atoms with Crippen LogP contribution < -0.4 is 0 Å². The van der Waals surface area contributed by atoms with E-state index >= 15 is 0 Å². The van der Waals surface area contributed by atoms with Gasteiger partial charge in [-0.05, 0) is 18.9 Å². The molecular formula is C13H11F3N6. The van der Waals surface area contributed by atoms with Crippen molar-refractivity contribution >= 4 is 5.78 Å². The van der Waals surface area contributed by atoms with Crippen LogP contribution in [0.15, 0.2) is 18.6 Å². The monoisotopic (exact) mass is 308 g/mol. The molecule has 3 aromatic rings. The first-order valence-electron chi connectivity index (χ1n) is 6.75. The Morgan fingerprint density at radius 2 is 2.05 bits per heavy atom. The quantitative estimate of drug-likeness (QED) is 0.729. The maximum Gasteiger partial charge on any atom is 0.435 e. The first-order valence-corrected chi connectivity index (χ1v) is 6.75. The van der Waals surface area contributed by atoms with E-state index < -0.39 is 11.9 Å². The van der Waals surface area contributed by atoms with Crippen LogP contribution in [0.4, 0.5) is 13.2 Å². The molecule has 6 nitrogen and oxygen atoms in total. The van der Waals surface area contributed by atoms with Crippen LogP contribution in [0.5, 0.6) is 0 Å². The minimum Gasteiger partial charge on any atom is -0.275 e. The van der Waals surface area contributed by atoms with E-state index in [1.54, 1.807) is 6.07 Å². The van der Waals surface area contributed by atoms with Gasteiger partial charge >= 0.3 is 6.18 Å². The molecule has 1 aliphatic rings. The number of aryl methyl sites for hydroxylation is 1. The molecule has 0 atom stereocenters. The number of aromatic nitrogens is 6. The maximum absolute atomic E-state index is 13.2. The molecule has 1 saturated carbocycles. The van der Waals surface area contributed by atoms with Gasteiger partial charge in [0.25, 0.3) is 5.78 Å². The molecule has 22 heavy (non-hydrogen) atoms. The molecular weight excluding hydrogens is 297 g/mol. The molecule has 0 aliphatic heterocycles. The molecule has 1 aliphatic carbocycles. The summed E-state index contributed by atoms with van der Waals surface area (Å²) in [7, 11) is 1.46. The molecule has 0 bridgehead atoms. The fourth-order valence-electron chi connectivity index (χ4n) is 2.50. The first-order chi connectivity index (χ1) is 10.4. The van der Waals surface area contributed by atoms with Crippen molar-refractivity contribution in [3.05, 3.63) is 30.0 Å². The van der Waals surface area contributed by atoms with Gasteiger partial charge in [-0.25, -0.2) is 4.98 Å². The van der Waals surface area contributed by atoms with Crippen LogP contribution in [-0.2, 0) is 13.2 Å². The lowest BCUT2D eigenvalue weighted by atomic mass is 10.1. The van der Waals surface area contributed by atoms with Gasteiger partial charge in [-0.1, -0.05) is 0 Å². The number of hydrogen-bond donors (Lipinski definition) is 0. The van der Waals surface area contributed by atoms with Gasteiger partial charge < -0.3 is 0 Å². The van der Waals surface area contributed by atoms with Crippen molar-refractivity contribution in [2.45, 2.75) is 24.9 Å². The van der Waals surface area contributed by atoms with Crippen molar-refractivity contribution in [1.29, 1.82) is 0 Å². The van der Waals surface area contributed by atoms with Crippen LogP contribution in [0.1, 0.15) is 30.1 Å². The number of fused-ring (bicyclic) bond motifs is 1. The van der Waals surface area contributed by atoms with Crippen LogP contribution in [0.25, 0.3) is 17.0 Å². The summed E-state index contributed by atoms with van der Waals surface area (Å²) in [6.07, 6.45) is 0.0838. The zero-order chi connectivity index (χ0) is 15.5. The molecule has 3 heterocycles. The van der Waals surface area contributed by atoms with Crippen molar-refractivity contribution in [2.24, 2.45) is 7.05 Å². The summed E-state index contributed by atoms with van der Waals surface area (Å²) in [6.45, 7) is 0. The second-order valence-electron chi connectivity index (χ2n) is 5.38. The molecule has 4 rings (SSSR count). The van der Waals surface area contributed by atoms with E-state index in [2.05, 4.69) is 20.2 Å². The van der Waals surface area contributed by atoms with Gasteiger partial charge in [0.2, 0.25) is 0 Å². The van der Waals surface area contributed by atoms with Gasteiger partial charge in [0.1, 0.15) is 6.33 Å². The van der Waals surface area contributed by atoms with Gasteiger partial charge in [-0.3, -0.25) is 4.68 Å².